The van der Waals surface area contributed by atoms with Crippen molar-refractivity contribution in [2.24, 2.45) is 0 Å². The average molecular weight is 347 g/mol. The number of halogens is 1. The van der Waals surface area contributed by atoms with E-state index in [-0.39, 0.29) is 12.5 Å². The number of carbonyl (C=O) groups excluding carboxylic acids is 2. The van der Waals surface area contributed by atoms with Crippen molar-refractivity contribution in [2.45, 2.75) is 6.54 Å². The summed E-state index contributed by atoms with van der Waals surface area (Å²) in [5.41, 5.74) is 2.42. The Morgan fingerprint density at radius 3 is 2.50 bits per heavy atom. The van der Waals surface area contributed by atoms with E-state index >= 15 is 0 Å². The lowest BCUT2D eigenvalue weighted by molar-refractivity contribution is -0.115. The fraction of sp³-hybridized carbons (Fsp3) is 0.176. The summed E-state index contributed by atoms with van der Waals surface area (Å²) in [5.74, 6) is -0.344. The van der Waals surface area contributed by atoms with Crippen LogP contribution in [0.1, 0.15) is 5.56 Å². The molecule has 0 spiro atoms. The van der Waals surface area contributed by atoms with Crippen molar-refractivity contribution in [1.29, 1.82) is 0 Å². The van der Waals surface area contributed by atoms with Gasteiger partial charge >= 0.3 is 6.03 Å². The van der Waals surface area contributed by atoms with Crippen LogP contribution in [0.2, 0.25) is 5.02 Å². The maximum absolute atomic E-state index is 11.9. The average Bonchev–Trinajstić information content (AvgIpc) is 2.60. The minimum Gasteiger partial charge on any atom is -0.379 e. The molecule has 0 aromatic heterocycles. The summed E-state index contributed by atoms with van der Waals surface area (Å²) in [7, 11) is 1.48. The number of hydrogen-bond donors (Lipinski definition) is 4. The summed E-state index contributed by atoms with van der Waals surface area (Å²) in [6.07, 6.45) is 0. The molecule has 3 amide bonds. The molecular weight excluding hydrogens is 328 g/mol. The summed E-state index contributed by atoms with van der Waals surface area (Å²) >= 11 is 6.01. The van der Waals surface area contributed by atoms with Crippen molar-refractivity contribution >= 4 is 34.9 Å². The van der Waals surface area contributed by atoms with Crippen molar-refractivity contribution in [3.63, 3.8) is 0 Å². The zero-order valence-corrected chi connectivity index (χ0v) is 14.0. The number of nitrogens with one attached hydrogen (secondary N) is 4. The molecule has 0 aliphatic rings. The number of carbonyl (C=O) groups is 2. The minimum absolute atomic E-state index is 0.135. The second kappa shape index (κ2) is 8.79. The maximum atomic E-state index is 11.9. The molecule has 4 N–H and O–H groups in total. The molecule has 0 aliphatic carbocycles. The van der Waals surface area contributed by atoms with E-state index in [2.05, 4.69) is 21.3 Å². The molecule has 0 fully saturated rings. The van der Waals surface area contributed by atoms with Gasteiger partial charge in [-0.3, -0.25) is 4.79 Å². The lowest BCUT2D eigenvalue weighted by atomic mass is 10.2. The summed E-state index contributed by atoms with van der Waals surface area (Å²) in [6.45, 7) is 0.478. The molecule has 0 saturated carbocycles. The van der Waals surface area contributed by atoms with Crippen molar-refractivity contribution in [3.8, 4) is 0 Å². The summed E-state index contributed by atoms with van der Waals surface area (Å²) in [4.78, 5) is 23.1. The molecule has 0 aliphatic heterocycles. The van der Waals surface area contributed by atoms with E-state index in [0.29, 0.717) is 17.3 Å². The Kier molecular flexibility index (Phi) is 6.45. The van der Waals surface area contributed by atoms with Crippen molar-refractivity contribution < 1.29 is 9.59 Å². The molecule has 0 heterocycles. The molecule has 6 nitrogen and oxygen atoms in total. The molecule has 2 aromatic rings. The molecule has 2 aromatic carbocycles. The molecule has 126 valence electrons. The highest BCUT2D eigenvalue weighted by Gasteiger charge is 2.09. The van der Waals surface area contributed by atoms with Crippen LogP contribution in [0.5, 0.6) is 0 Å². The van der Waals surface area contributed by atoms with E-state index in [1.165, 1.54) is 7.05 Å². The van der Waals surface area contributed by atoms with Gasteiger partial charge in [-0.1, -0.05) is 41.9 Å². The molecule has 0 radical (unpaired) electrons. The topological polar surface area (TPSA) is 82.3 Å². The first kappa shape index (κ1) is 17.6. The summed E-state index contributed by atoms with van der Waals surface area (Å²) in [5, 5.41) is 11.3. The Labute approximate surface area is 145 Å². The third-order valence-electron chi connectivity index (χ3n) is 3.22. The zero-order chi connectivity index (χ0) is 17.4. The number of benzene rings is 2. The minimum atomic E-state index is -0.418. The molecule has 7 heteroatoms. The Hall–Kier alpha value is -2.73. The van der Waals surface area contributed by atoms with Crippen molar-refractivity contribution in [2.75, 3.05) is 24.2 Å². The highest BCUT2D eigenvalue weighted by atomic mass is 35.5. The Balaban J connectivity index is 2.01. The SMILES string of the molecule is CNC(=O)NCC(=O)Nc1cc(Cl)ccc1NCc1ccccc1. The van der Waals surface area contributed by atoms with Crippen LogP contribution in [0.25, 0.3) is 0 Å². The molecule has 0 unspecified atom stereocenters. The maximum Gasteiger partial charge on any atom is 0.314 e. The predicted molar refractivity (Wildman–Crippen MR) is 96.3 cm³/mol. The van der Waals surface area contributed by atoms with Gasteiger partial charge in [-0.2, -0.15) is 0 Å². The quantitative estimate of drug-likeness (QED) is 0.649. The largest absolute Gasteiger partial charge is 0.379 e. The highest BCUT2D eigenvalue weighted by Crippen LogP contribution is 2.26. The van der Waals surface area contributed by atoms with Crippen molar-refractivity contribution in [1.82, 2.24) is 10.6 Å². The van der Waals surface area contributed by atoms with Crippen molar-refractivity contribution in [3.05, 3.63) is 59.1 Å². The Morgan fingerprint density at radius 2 is 1.79 bits per heavy atom. The van der Waals surface area contributed by atoms with Gasteiger partial charge < -0.3 is 21.3 Å². The highest BCUT2D eigenvalue weighted by molar-refractivity contribution is 6.31. The third-order valence-corrected chi connectivity index (χ3v) is 3.45. The van der Waals surface area contributed by atoms with Crippen LogP contribution < -0.4 is 21.3 Å². The van der Waals surface area contributed by atoms with Crippen LogP contribution in [-0.4, -0.2) is 25.5 Å². The van der Waals surface area contributed by atoms with Gasteiger partial charge in [0, 0.05) is 18.6 Å². The van der Waals surface area contributed by atoms with Gasteiger partial charge in [0.1, 0.15) is 0 Å². The monoisotopic (exact) mass is 346 g/mol. The second-order valence-corrected chi connectivity index (χ2v) is 5.45. The van der Waals surface area contributed by atoms with E-state index in [9.17, 15) is 9.59 Å². The fourth-order valence-electron chi connectivity index (χ4n) is 2.01. The number of amides is 3. The van der Waals surface area contributed by atoms with Gasteiger partial charge in [-0.15, -0.1) is 0 Å². The molecule has 24 heavy (non-hydrogen) atoms. The van der Waals surface area contributed by atoms with E-state index < -0.39 is 6.03 Å². The molecular formula is C17H19ClN4O2. The van der Waals surface area contributed by atoms with Crippen LogP contribution in [-0.2, 0) is 11.3 Å². The molecule has 2 rings (SSSR count). The summed E-state index contributed by atoms with van der Waals surface area (Å²) in [6, 6.07) is 14.7. The van der Waals surface area contributed by atoms with Crippen LogP contribution in [0, 0.1) is 0 Å². The summed E-state index contributed by atoms with van der Waals surface area (Å²) < 4.78 is 0. The first-order valence-corrected chi connectivity index (χ1v) is 7.79. The van der Waals surface area contributed by atoms with E-state index in [1.807, 2.05) is 30.3 Å². The molecule has 0 atom stereocenters. The Morgan fingerprint density at radius 1 is 1.04 bits per heavy atom. The van der Waals surface area contributed by atoms with Gasteiger partial charge in [0.15, 0.2) is 0 Å². The number of anilines is 2. The lowest BCUT2D eigenvalue weighted by Crippen LogP contribution is -2.38. The lowest BCUT2D eigenvalue weighted by Gasteiger charge is -2.14. The van der Waals surface area contributed by atoms with Gasteiger partial charge in [-0.05, 0) is 23.8 Å². The predicted octanol–water partition coefficient (Wildman–Crippen LogP) is 2.82. The number of hydrogen-bond acceptors (Lipinski definition) is 3. The van der Waals surface area contributed by atoms with Gasteiger partial charge in [0.25, 0.3) is 0 Å². The smallest absolute Gasteiger partial charge is 0.314 e. The van der Waals surface area contributed by atoms with Gasteiger partial charge in [-0.25, -0.2) is 4.79 Å². The molecule has 0 bridgehead atoms. The van der Waals surface area contributed by atoms with E-state index in [4.69, 9.17) is 11.6 Å². The Bertz CT molecular complexity index is 707. The first-order valence-electron chi connectivity index (χ1n) is 7.41. The zero-order valence-electron chi connectivity index (χ0n) is 13.2. The fourth-order valence-corrected chi connectivity index (χ4v) is 2.18. The normalized spacial score (nSPS) is 9.92. The number of rotatable bonds is 6. The second-order valence-electron chi connectivity index (χ2n) is 5.01. The number of urea groups is 1. The van der Waals surface area contributed by atoms with Crippen LogP contribution in [0.4, 0.5) is 16.2 Å². The van der Waals surface area contributed by atoms with Crippen LogP contribution in [0.15, 0.2) is 48.5 Å². The van der Waals surface area contributed by atoms with Crippen LogP contribution >= 0.6 is 11.6 Å². The van der Waals surface area contributed by atoms with Gasteiger partial charge in [0.05, 0.1) is 17.9 Å². The third kappa shape index (κ3) is 5.48. The molecule has 0 saturated heterocycles. The standard InChI is InChI=1S/C17H19ClN4O2/c1-19-17(24)21-11-16(23)22-15-9-13(18)7-8-14(15)20-10-12-5-3-2-4-6-12/h2-9,20H,10-11H2,1H3,(H,22,23)(H2,19,21,24). The van der Waals surface area contributed by atoms with Crippen LogP contribution in [0.3, 0.4) is 0 Å². The van der Waals surface area contributed by atoms with E-state index in [0.717, 1.165) is 11.3 Å². The van der Waals surface area contributed by atoms with Gasteiger partial charge in [0.2, 0.25) is 5.91 Å². The van der Waals surface area contributed by atoms with E-state index in [1.54, 1.807) is 18.2 Å². The first-order chi connectivity index (χ1) is 11.6.